The van der Waals surface area contributed by atoms with Crippen LogP contribution in [0.15, 0.2) is 42.5 Å². The van der Waals surface area contributed by atoms with Gasteiger partial charge in [0.25, 0.3) is 0 Å². The second-order valence-electron chi connectivity index (χ2n) is 4.88. The Hall–Kier alpha value is -2.29. The molecule has 0 radical (unpaired) electrons. The van der Waals surface area contributed by atoms with Gasteiger partial charge < -0.3 is 10.8 Å². The molecule has 0 saturated heterocycles. The summed E-state index contributed by atoms with van der Waals surface area (Å²) in [5, 5.41) is 9.02. The molecule has 3 heteroatoms. The first kappa shape index (κ1) is 13.1. The second-order valence-corrected chi connectivity index (χ2v) is 4.88. The summed E-state index contributed by atoms with van der Waals surface area (Å²) in [6, 6.07) is 12.8. The van der Waals surface area contributed by atoms with Gasteiger partial charge in [0.05, 0.1) is 5.56 Å². The Morgan fingerprint density at radius 1 is 1.11 bits per heavy atom. The molecule has 0 spiro atoms. The number of nitrogen functional groups attached to an aromatic ring is 1. The quantitative estimate of drug-likeness (QED) is 0.821. The predicted molar refractivity (Wildman–Crippen MR) is 77.3 cm³/mol. The molecule has 0 saturated carbocycles. The minimum absolute atomic E-state index is 0.247. The van der Waals surface area contributed by atoms with Crippen LogP contribution in [0.1, 0.15) is 35.7 Å². The number of aromatic carboxylic acids is 1. The zero-order valence-corrected chi connectivity index (χ0v) is 11.1. The van der Waals surface area contributed by atoms with Gasteiger partial charge in [0, 0.05) is 11.3 Å². The van der Waals surface area contributed by atoms with Crippen LogP contribution in [-0.4, -0.2) is 11.1 Å². The van der Waals surface area contributed by atoms with Gasteiger partial charge in [-0.25, -0.2) is 4.79 Å². The van der Waals surface area contributed by atoms with E-state index in [1.165, 1.54) is 11.6 Å². The normalized spacial score (nSPS) is 10.7. The predicted octanol–water partition coefficient (Wildman–Crippen LogP) is 3.76. The molecule has 19 heavy (non-hydrogen) atoms. The van der Waals surface area contributed by atoms with E-state index in [1.807, 2.05) is 24.3 Å². The molecule has 98 valence electrons. The number of rotatable bonds is 3. The number of carboxylic acid groups (broad SMARTS) is 1. The largest absolute Gasteiger partial charge is 0.478 e. The van der Waals surface area contributed by atoms with E-state index in [2.05, 4.69) is 13.8 Å². The molecule has 0 unspecified atom stereocenters. The molecule has 0 aliphatic rings. The monoisotopic (exact) mass is 255 g/mol. The highest BCUT2D eigenvalue weighted by atomic mass is 16.4. The molecule has 0 fully saturated rings. The highest BCUT2D eigenvalue weighted by Gasteiger charge is 2.09. The zero-order valence-electron chi connectivity index (χ0n) is 11.1. The fraction of sp³-hybridized carbons (Fsp3) is 0.188. The molecule has 0 heterocycles. The van der Waals surface area contributed by atoms with Gasteiger partial charge in [-0.2, -0.15) is 0 Å². The summed E-state index contributed by atoms with van der Waals surface area (Å²) in [6.07, 6.45) is 0. The van der Waals surface area contributed by atoms with Gasteiger partial charge >= 0.3 is 5.97 Å². The molecular formula is C16H17NO2. The smallest absolute Gasteiger partial charge is 0.335 e. The van der Waals surface area contributed by atoms with Crippen molar-refractivity contribution >= 4 is 11.7 Å². The van der Waals surface area contributed by atoms with Crippen molar-refractivity contribution in [3.63, 3.8) is 0 Å². The molecule has 0 atom stereocenters. The molecule has 0 bridgehead atoms. The van der Waals surface area contributed by atoms with Gasteiger partial charge in [0.2, 0.25) is 0 Å². The summed E-state index contributed by atoms with van der Waals surface area (Å²) in [7, 11) is 0. The van der Waals surface area contributed by atoms with Crippen molar-refractivity contribution in [2.45, 2.75) is 19.8 Å². The summed E-state index contributed by atoms with van der Waals surface area (Å²) >= 11 is 0. The van der Waals surface area contributed by atoms with Crippen LogP contribution >= 0.6 is 0 Å². The summed E-state index contributed by atoms with van der Waals surface area (Å²) in [5.41, 5.74) is 9.70. The molecule has 3 N–H and O–H groups in total. The van der Waals surface area contributed by atoms with E-state index < -0.39 is 5.97 Å². The van der Waals surface area contributed by atoms with Gasteiger partial charge in [-0.05, 0) is 35.2 Å². The maximum absolute atomic E-state index is 11.0. The number of carboxylic acids is 1. The standard InChI is InChI=1S/C16H17NO2/c1-10(2)11-3-5-12(6-4-11)14-9-13(16(18)19)7-8-15(14)17/h3-10H,17H2,1-2H3,(H,18,19). The topological polar surface area (TPSA) is 63.3 Å². The maximum Gasteiger partial charge on any atom is 0.335 e. The first-order valence-electron chi connectivity index (χ1n) is 6.22. The molecule has 0 aliphatic heterocycles. The van der Waals surface area contributed by atoms with Crippen molar-refractivity contribution in [3.8, 4) is 11.1 Å². The highest BCUT2D eigenvalue weighted by Crippen LogP contribution is 2.28. The highest BCUT2D eigenvalue weighted by molar-refractivity contribution is 5.91. The van der Waals surface area contributed by atoms with Crippen LogP contribution in [0, 0.1) is 0 Å². The van der Waals surface area contributed by atoms with Crippen LogP contribution in [0.2, 0.25) is 0 Å². The Balaban J connectivity index is 2.46. The Morgan fingerprint density at radius 3 is 2.26 bits per heavy atom. The van der Waals surface area contributed by atoms with Crippen LogP contribution in [-0.2, 0) is 0 Å². The van der Waals surface area contributed by atoms with Gasteiger partial charge in [-0.1, -0.05) is 38.1 Å². The lowest BCUT2D eigenvalue weighted by Gasteiger charge is -2.10. The summed E-state index contributed by atoms with van der Waals surface area (Å²) in [5.74, 6) is -0.475. The Labute approximate surface area is 112 Å². The van der Waals surface area contributed by atoms with Crippen LogP contribution < -0.4 is 5.73 Å². The van der Waals surface area contributed by atoms with Crippen molar-refractivity contribution in [2.75, 3.05) is 5.73 Å². The first-order chi connectivity index (χ1) is 8.99. The summed E-state index contributed by atoms with van der Waals surface area (Å²) in [4.78, 5) is 11.0. The average Bonchev–Trinajstić information content (AvgIpc) is 2.39. The molecule has 0 aromatic heterocycles. The van der Waals surface area contributed by atoms with E-state index in [1.54, 1.807) is 12.1 Å². The van der Waals surface area contributed by atoms with Crippen LogP contribution in [0.25, 0.3) is 11.1 Å². The van der Waals surface area contributed by atoms with Crippen molar-refractivity contribution in [2.24, 2.45) is 0 Å². The number of hydrogen-bond donors (Lipinski definition) is 2. The zero-order chi connectivity index (χ0) is 14.0. The van der Waals surface area contributed by atoms with Crippen molar-refractivity contribution in [3.05, 3.63) is 53.6 Å². The van der Waals surface area contributed by atoms with E-state index in [9.17, 15) is 4.79 Å². The fourth-order valence-corrected chi connectivity index (χ4v) is 1.99. The van der Waals surface area contributed by atoms with Crippen molar-refractivity contribution in [1.82, 2.24) is 0 Å². The maximum atomic E-state index is 11.0. The average molecular weight is 255 g/mol. The van der Waals surface area contributed by atoms with Crippen LogP contribution in [0.4, 0.5) is 5.69 Å². The lowest BCUT2D eigenvalue weighted by molar-refractivity contribution is 0.0697. The molecule has 2 rings (SSSR count). The first-order valence-corrected chi connectivity index (χ1v) is 6.22. The van der Waals surface area contributed by atoms with Gasteiger partial charge in [0.15, 0.2) is 0 Å². The van der Waals surface area contributed by atoms with Crippen molar-refractivity contribution in [1.29, 1.82) is 0 Å². The molecule has 0 amide bonds. The minimum atomic E-state index is -0.944. The lowest BCUT2D eigenvalue weighted by Crippen LogP contribution is -1.99. The number of hydrogen-bond acceptors (Lipinski definition) is 2. The third-order valence-electron chi connectivity index (χ3n) is 3.19. The van der Waals surface area contributed by atoms with Gasteiger partial charge in [-0.15, -0.1) is 0 Å². The molecule has 2 aromatic rings. The fourth-order valence-electron chi connectivity index (χ4n) is 1.99. The third-order valence-corrected chi connectivity index (χ3v) is 3.19. The van der Waals surface area contributed by atoms with Crippen LogP contribution in [0.3, 0.4) is 0 Å². The minimum Gasteiger partial charge on any atom is -0.478 e. The molecule has 2 aromatic carbocycles. The molecule has 0 aliphatic carbocycles. The Kier molecular flexibility index (Phi) is 3.56. The SMILES string of the molecule is CC(C)c1ccc(-c2cc(C(=O)O)ccc2N)cc1. The van der Waals surface area contributed by atoms with E-state index >= 15 is 0 Å². The second kappa shape index (κ2) is 5.14. The number of benzene rings is 2. The van der Waals surface area contributed by atoms with Gasteiger partial charge in [-0.3, -0.25) is 0 Å². The van der Waals surface area contributed by atoms with E-state index in [0.29, 0.717) is 11.6 Å². The lowest BCUT2D eigenvalue weighted by atomic mass is 9.97. The van der Waals surface area contributed by atoms with Gasteiger partial charge in [0.1, 0.15) is 0 Å². The number of nitrogens with two attached hydrogens (primary N) is 1. The summed E-state index contributed by atoms with van der Waals surface area (Å²) < 4.78 is 0. The Bertz CT molecular complexity index is 601. The molecule has 3 nitrogen and oxygen atoms in total. The van der Waals surface area contributed by atoms with Crippen molar-refractivity contribution < 1.29 is 9.90 Å². The third kappa shape index (κ3) is 2.76. The summed E-state index contributed by atoms with van der Waals surface area (Å²) in [6.45, 7) is 4.27. The van der Waals surface area contributed by atoms with Crippen LogP contribution in [0.5, 0.6) is 0 Å². The van der Waals surface area contributed by atoms with E-state index in [0.717, 1.165) is 11.1 Å². The molecular weight excluding hydrogens is 238 g/mol. The number of carbonyl (C=O) groups is 1. The number of anilines is 1. The van der Waals surface area contributed by atoms with E-state index in [-0.39, 0.29) is 5.56 Å². The van der Waals surface area contributed by atoms with E-state index in [4.69, 9.17) is 10.8 Å². The Morgan fingerprint density at radius 2 is 1.74 bits per heavy atom.